The molecule has 0 unspecified atom stereocenters. The summed E-state index contributed by atoms with van der Waals surface area (Å²) in [5, 5.41) is 9.91. The summed E-state index contributed by atoms with van der Waals surface area (Å²) < 4.78 is 0. The maximum atomic E-state index is 2.38. The van der Waals surface area contributed by atoms with Crippen LogP contribution in [0.25, 0.3) is 132 Å². The van der Waals surface area contributed by atoms with Crippen LogP contribution in [-0.2, 0) is 0 Å². The Morgan fingerprint density at radius 3 is 0.500 bits per heavy atom. The molecule has 13 rings (SSSR count). The first-order chi connectivity index (χ1) is 34.7. The predicted octanol–water partition coefficient (Wildman–Crippen LogP) is 19.6. The van der Waals surface area contributed by atoms with Gasteiger partial charge in [-0.25, -0.2) is 0 Å². The van der Waals surface area contributed by atoms with E-state index in [1.54, 1.807) is 0 Å². The lowest BCUT2D eigenvalue weighted by molar-refractivity contribution is 1.58. The molecule has 0 atom stereocenters. The Labute approximate surface area is 409 Å². The van der Waals surface area contributed by atoms with Gasteiger partial charge < -0.3 is 0 Å². The molecule has 0 heterocycles. The average Bonchev–Trinajstić information content (AvgIpc) is 3.44. The van der Waals surface area contributed by atoms with Crippen LogP contribution in [0.15, 0.2) is 279 Å². The van der Waals surface area contributed by atoms with Crippen molar-refractivity contribution in [2.45, 2.75) is 0 Å². The second kappa shape index (κ2) is 17.5. The summed E-state index contributed by atoms with van der Waals surface area (Å²) in [4.78, 5) is 0. The van der Waals surface area contributed by atoms with Gasteiger partial charge in [0.1, 0.15) is 0 Å². The van der Waals surface area contributed by atoms with E-state index in [1.807, 2.05) is 0 Å². The molecule has 0 spiro atoms. The van der Waals surface area contributed by atoms with Gasteiger partial charge in [-0.15, -0.1) is 0 Å². The lowest BCUT2D eigenvalue weighted by Crippen LogP contribution is -1.93. The zero-order valence-corrected chi connectivity index (χ0v) is 38.6. The minimum atomic E-state index is 1.20. The molecule has 0 radical (unpaired) electrons. The summed E-state index contributed by atoms with van der Waals surface area (Å²) in [5.74, 6) is 0. The van der Waals surface area contributed by atoms with Crippen molar-refractivity contribution in [3.05, 3.63) is 279 Å². The molecule has 0 N–H and O–H groups in total. The van der Waals surface area contributed by atoms with Gasteiger partial charge in [-0.3, -0.25) is 0 Å². The van der Waals surface area contributed by atoms with E-state index >= 15 is 0 Å². The molecule has 0 saturated heterocycles. The summed E-state index contributed by atoms with van der Waals surface area (Å²) >= 11 is 0. The van der Waals surface area contributed by atoms with Crippen molar-refractivity contribution in [3.8, 4) is 89.0 Å². The van der Waals surface area contributed by atoms with E-state index < -0.39 is 0 Å². The summed E-state index contributed by atoms with van der Waals surface area (Å²) in [5.41, 5.74) is 19.5. The molecular formula is C70H46. The van der Waals surface area contributed by atoms with Crippen LogP contribution in [0.4, 0.5) is 0 Å². The Kier molecular flexibility index (Phi) is 10.3. The molecule has 0 amide bonds. The van der Waals surface area contributed by atoms with E-state index in [1.165, 1.54) is 132 Å². The smallest absolute Gasteiger partial charge is 0.00259 e. The van der Waals surface area contributed by atoms with Crippen LogP contribution in [0.3, 0.4) is 0 Å². The first kappa shape index (κ1) is 41.1. The molecule has 0 aliphatic heterocycles. The normalized spacial score (nSPS) is 11.4. The van der Waals surface area contributed by atoms with Crippen molar-refractivity contribution in [2.24, 2.45) is 0 Å². The van der Waals surface area contributed by atoms with Gasteiger partial charge in [0, 0.05) is 0 Å². The molecule has 0 aliphatic carbocycles. The minimum Gasteiger partial charge on any atom is -0.0622 e. The molecule has 0 saturated carbocycles. The zero-order chi connectivity index (χ0) is 46.4. The quantitative estimate of drug-likeness (QED) is 0.133. The Balaban J connectivity index is 0.985. The lowest BCUT2D eigenvalue weighted by Gasteiger charge is -2.20. The fourth-order valence-corrected chi connectivity index (χ4v) is 11.0. The lowest BCUT2D eigenvalue weighted by atomic mass is 9.83. The zero-order valence-electron chi connectivity index (χ0n) is 38.6. The summed E-state index contributed by atoms with van der Waals surface area (Å²) in [6.45, 7) is 0. The fraction of sp³-hybridized carbons (Fsp3) is 0. The van der Waals surface area contributed by atoms with Crippen LogP contribution in [0.5, 0.6) is 0 Å². The van der Waals surface area contributed by atoms with Crippen LogP contribution in [0.2, 0.25) is 0 Å². The Morgan fingerprint density at radius 1 is 0.114 bits per heavy atom. The number of hydrogen-bond acceptors (Lipinski definition) is 0. The molecule has 0 fully saturated rings. The molecule has 13 aromatic carbocycles. The summed E-state index contributed by atoms with van der Waals surface area (Å²) in [6, 6.07) is 103. The monoisotopic (exact) mass is 886 g/mol. The van der Waals surface area contributed by atoms with Gasteiger partial charge in [0.25, 0.3) is 0 Å². The van der Waals surface area contributed by atoms with Gasteiger partial charge >= 0.3 is 0 Å². The second-order valence-electron chi connectivity index (χ2n) is 18.3. The first-order valence-electron chi connectivity index (χ1n) is 24.2. The van der Waals surface area contributed by atoms with Crippen molar-refractivity contribution >= 4 is 43.1 Å². The number of rotatable bonds is 8. The standard InChI is InChI=1S/C70H46/c1-5-21-47(22-6-1)53-41-54(48-23-7-2-8-24-48)44-57(43-53)69-63-33-17-13-29-59(63)67(60-30-14-18-34-64(60)69)51-37-39-52(40-38-51)68-61-31-15-19-35-65(61)70(66-36-20-16-32-62(66)68)58-45-55(49-25-9-3-10-26-49)42-56(46-58)50-27-11-4-12-28-50/h1-46H. The summed E-state index contributed by atoms with van der Waals surface area (Å²) in [7, 11) is 0. The summed E-state index contributed by atoms with van der Waals surface area (Å²) in [6.07, 6.45) is 0. The minimum absolute atomic E-state index is 1.20. The van der Waals surface area contributed by atoms with Gasteiger partial charge in [-0.05, 0) is 169 Å². The molecular weight excluding hydrogens is 841 g/mol. The van der Waals surface area contributed by atoms with Crippen molar-refractivity contribution in [3.63, 3.8) is 0 Å². The Morgan fingerprint density at radius 2 is 0.286 bits per heavy atom. The number of fused-ring (bicyclic) bond motifs is 4. The molecule has 13 aromatic rings. The highest BCUT2D eigenvalue weighted by atomic mass is 14.2. The Hall–Kier alpha value is -9.10. The van der Waals surface area contributed by atoms with Crippen LogP contribution in [-0.4, -0.2) is 0 Å². The average molecular weight is 887 g/mol. The first-order valence-corrected chi connectivity index (χ1v) is 24.2. The SMILES string of the molecule is c1ccc(-c2cc(-c3ccccc3)cc(-c3c4ccccc4c(-c4ccc(-c5c6ccccc6c(-c6cc(-c7ccccc7)cc(-c7ccccc7)c6)c6ccccc56)cc4)c4ccccc34)c2)cc1. The maximum Gasteiger partial charge on any atom is -0.00259 e. The van der Waals surface area contributed by atoms with Gasteiger partial charge in [0.05, 0.1) is 0 Å². The van der Waals surface area contributed by atoms with E-state index in [0.717, 1.165) is 0 Å². The number of benzene rings is 13. The highest BCUT2D eigenvalue weighted by Crippen LogP contribution is 2.48. The largest absolute Gasteiger partial charge is 0.0622 e. The third-order valence-corrected chi connectivity index (χ3v) is 14.2. The topological polar surface area (TPSA) is 0 Å². The number of hydrogen-bond donors (Lipinski definition) is 0. The van der Waals surface area contributed by atoms with Gasteiger partial charge in [-0.1, -0.05) is 243 Å². The molecule has 0 heteroatoms. The molecule has 326 valence electrons. The third kappa shape index (κ3) is 7.26. The maximum absolute atomic E-state index is 2.38. The van der Waals surface area contributed by atoms with Gasteiger partial charge in [-0.2, -0.15) is 0 Å². The van der Waals surface area contributed by atoms with E-state index in [2.05, 4.69) is 279 Å². The Bertz CT molecular complexity index is 3560. The van der Waals surface area contributed by atoms with Crippen molar-refractivity contribution in [2.75, 3.05) is 0 Å². The van der Waals surface area contributed by atoms with E-state index in [4.69, 9.17) is 0 Å². The van der Waals surface area contributed by atoms with E-state index in [-0.39, 0.29) is 0 Å². The highest BCUT2D eigenvalue weighted by molar-refractivity contribution is 6.23. The second-order valence-corrected chi connectivity index (χ2v) is 18.3. The van der Waals surface area contributed by atoms with E-state index in [9.17, 15) is 0 Å². The van der Waals surface area contributed by atoms with Crippen LogP contribution in [0, 0.1) is 0 Å². The molecule has 0 nitrogen and oxygen atoms in total. The van der Waals surface area contributed by atoms with Crippen LogP contribution in [0.1, 0.15) is 0 Å². The van der Waals surface area contributed by atoms with E-state index in [0.29, 0.717) is 0 Å². The van der Waals surface area contributed by atoms with Crippen molar-refractivity contribution < 1.29 is 0 Å². The van der Waals surface area contributed by atoms with Crippen LogP contribution < -0.4 is 0 Å². The predicted molar refractivity (Wildman–Crippen MR) is 300 cm³/mol. The van der Waals surface area contributed by atoms with Gasteiger partial charge in [0.15, 0.2) is 0 Å². The van der Waals surface area contributed by atoms with Crippen molar-refractivity contribution in [1.82, 2.24) is 0 Å². The molecule has 0 aromatic heterocycles. The van der Waals surface area contributed by atoms with Crippen molar-refractivity contribution in [1.29, 1.82) is 0 Å². The highest BCUT2D eigenvalue weighted by Gasteiger charge is 2.21. The molecule has 0 aliphatic rings. The molecule has 0 bridgehead atoms. The van der Waals surface area contributed by atoms with Crippen LogP contribution >= 0.6 is 0 Å². The third-order valence-electron chi connectivity index (χ3n) is 14.2. The fourth-order valence-electron chi connectivity index (χ4n) is 11.0. The van der Waals surface area contributed by atoms with Gasteiger partial charge in [0.2, 0.25) is 0 Å². The molecule has 70 heavy (non-hydrogen) atoms.